The minimum atomic E-state index is -0.438. The van der Waals surface area contributed by atoms with Crippen molar-refractivity contribution in [2.75, 3.05) is 31.1 Å². The summed E-state index contributed by atoms with van der Waals surface area (Å²) in [7, 11) is 0. The number of anilines is 1. The van der Waals surface area contributed by atoms with Crippen molar-refractivity contribution in [3.8, 4) is 0 Å². The summed E-state index contributed by atoms with van der Waals surface area (Å²) in [5.74, 6) is -0.427. The van der Waals surface area contributed by atoms with Gasteiger partial charge in [0.2, 0.25) is 5.91 Å². The fraction of sp³-hybridized carbons (Fsp3) is 0.455. The van der Waals surface area contributed by atoms with Crippen molar-refractivity contribution in [3.63, 3.8) is 0 Å². The number of carbonyl (C=O) groups is 1. The molecule has 0 radical (unpaired) electrons. The number of rotatable bonds is 8. The van der Waals surface area contributed by atoms with Crippen LogP contribution in [0.3, 0.4) is 0 Å². The van der Waals surface area contributed by atoms with Gasteiger partial charge in [0, 0.05) is 25.7 Å². The van der Waals surface area contributed by atoms with Gasteiger partial charge in [-0.2, -0.15) is 0 Å². The lowest BCUT2D eigenvalue weighted by atomic mass is 9.99. The number of nitrogens with one attached hydrogen (secondary N) is 2. The van der Waals surface area contributed by atoms with Crippen LogP contribution in [0.15, 0.2) is 46.8 Å². The van der Waals surface area contributed by atoms with E-state index >= 15 is 0 Å². The molecule has 0 saturated carbocycles. The number of primary amides is 1. The molecule has 1 aromatic carbocycles. The van der Waals surface area contributed by atoms with Gasteiger partial charge in [0.25, 0.3) is 0 Å². The van der Waals surface area contributed by atoms with E-state index in [1.165, 1.54) is 17.1 Å². The first-order valence-corrected chi connectivity index (χ1v) is 11.3. The van der Waals surface area contributed by atoms with Crippen LogP contribution < -0.4 is 21.3 Å². The van der Waals surface area contributed by atoms with Crippen molar-refractivity contribution in [2.45, 2.75) is 32.2 Å². The standard InChI is InChI=1S/C22H30FN5OS/c1-2-25-22(27-19-9-11-28(12-10-19)20-4-3-13-30-20)26-15-17(21(24)29)14-16-5-7-18(23)8-6-16/h3-8,13,17,19H,2,9-12,14-15H2,1H3,(H2,24,29)(H2,25,26,27). The van der Waals surface area contributed by atoms with Crippen LogP contribution in [0.4, 0.5) is 9.39 Å². The second-order valence-electron chi connectivity index (χ2n) is 7.51. The average molecular weight is 432 g/mol. The van der Waals surface area contributed by atoms with Gasteiger partial charge in [-0.25, -0.2) is 4.39 Å². The summed E-state index contributed by atoms with van der Waals surface area (Å²) < 4.78 is 13.1. The maximum Gasteiger partial charge on any atom is 0.222 e. The molecule has 1 aliphatic heterocycles. The zero-order valence-electron chi connectivity index (χ0n) is 17.3. The van der Waals surface area contributed by atoms with Crippen LogP contribution in [0.1, 0.15) is 25.3 Å². The number of piperidine rings is 1. The van der Waals surface area contributed by atoms with Crippen LogP contribution in [-0.2, 0) is 11.2 Å². The summed E-state index contributed by atoms with van der Waals surface area (Å²) >= 11 is 1.77. The molecule has 1 amide bonds. The highest BCUT2D eigenvalue weighted by atomic mass is 32.1. The van der Waals surface area contributed by atoms with Crippen molar-refractivity contribution in [1.82, 2.24) is 10.6 Å². The van der Waals surface area contributed by atoms with Crippen LogP contribution in [0.25, 0.3) is 0 Å². The van der Waals surface area contributed by atoms with Gasteiger partial charge in [-0.3, -0.25) is 9.79 Å². The highest BCUT2D eigenvalue weighted by molar-refractivity contribution is 7.14. The van der Waals surface area contributed by atoms with Gasteiger partial charge in [-0.1, -0.05) is 12.1 Å². The number of amides is 1. The molecule has 0 bridgehead atoms. The normalized spacial score (nSPS) is 16.3. The summed E-state index contributed by atoms with van der Waals surface area (Å²) in [5.41, 5.74) is 6.46. The van der Waals surface area contributed by atoms with E-state index in [0.29, 0.717) is 18.4 Å². The SMILES string of the molecule is CCNC(=NCC(Cc1ccc(F)cc1)C(N)=O)NC1CCN(c2cccs2)CC1. The van der Waals surface area contributed by atoms with E-state index in [-0.39, 0.29) is 12.4 Å². The summed E-state index contributed by atoms with van der Waals surface area (Å²) in [6, 6.07) is 10.7. The number of guanidine groups is 1. The molecule has 6 nitrogen and oxygen atoms in total. The fourth-order valence-corrected chi connectivity index (χ4v) is 4.35. The van der Waals surface area contributed by atoms with Crippen LogP contribution in [-0.4, -0.2) is 44.1 Å². The third-order valence-electron chi connectivity index (χ3n) is 5.27. The number of hydrogen-bond donors (Lipinski definition) is 3. The Labute approximate surface area is 181 Å². The first-order chi connectivity index (χ1) is 14.5. The number of nitrogens with zero attached hydrogens (tertiary/aromatic N) is 2. The van der Waals surface area contributed by atoms with Gasteiger partial charge in [0.1, 0.15) is 5.82 Å². The minimum absolute atomic E-state index is 0.288. The largest absolute Gasteiger partial charge is 0.369 e. The maximum atomic E-state index is 13.1. The Morgan fingerprint density at radius 1 is 1.30 bits per heavy atom. The summed E-state index contributed by atoms with van der Waals surface area (Å²) in [4.78, 5) is 18.9. The molecular weight excluding hydrogens is 401 g/mol. The monoisotopic (exact) mass is 431 g/mol. The predicted molar refractivity (Wildman–Crippen MR) is 121 cm³/mol. The van der Waals surface area contributed by atoms with Gasteiger partial charge in [-0.15, -0.1) is 11.3 Å². The van der Waals surface area contributed by atoms with Crippen molar-refractivity contribution >= 4 is 28.2 Å². The first-order valence-electron chi connectivity index (χ1n) is 10.4. The predicted octanol–water partition coefficient (Wildman–Crippen LogP) is 2.76. The average Bonchev–Trinajstić information content (AvgIpc) is 3.28. The third-order valence-corrected chi connectivity index (χ3v) is 6.19. The second-order valence-corrected chi connectivity index (χ2v) is 8.43. The highest BCUT2D eigenvalue weighted by Gasteiger charge is 2.21. The van der Waals surface area contributed by atoms with Crippen molar-refractivity contribution in [3.05, 3.63) is 53.2 Å². The molecule has 1 aliphatic rings. The van der Waals surface area contributed by atoms with Crippen LogP contribution in [0.5, 0.6) is 0 Å². The number of hydrogen-bond acceptors (Lipinski definition) is 4. The smallest absolute Gasteiger partial charge is 0.222 e. The van der Waals surface area contributed by atoms with Gasteiger partial charge in [0.15, 0.2) is 5.96 Å². The lowest BCUT2D eigenvalue weighted by Crippen LogP contribution is -2.49. The molecule has 1 aromatic heterocycles. The lowest BCUT2D eigenvalue weighted by Gasteiger charge is -2.33. The van der Waals surface area contributed by atoms with Gasteiger partial charge in [-0.05, 0) is 61.4 Å². The van der Waals surface area contributed by atoms with E-state index in [1.54, 1.807) is 23.5 Å². The second kappa shape index (κ2) is 11.0. The summed E-state index contributed by atoms with van der Waals surface area (Å²) in [6.07, 6.45) is 2.49. The molecule has 1 unspecified atom stereocenters. The highest BCUT2D eigenvalue weighted by Crippen LogP contribution is 2.24. The number of benzene rings is 1. The van der Waals surface area contributed by atoms with E-state index in [1.807, 2.05) is 6.92 Å². The quantitative estimate of drug-likeness (QED) is 0.443. The molecule has 8 heteroatoms. The molecule has 30 heavy (non-hydrogen) atoms. The third kappa shape index (κ3) is 6.45. The Hall–Kier alpha value is -2.61. The zero-order valence-corrected chi connectivity index (χ0v) is 18.1. The summed E-state index contributed by atoms with van der Waals surface area (Å²) in [5, 5.41) is 10.2. The van der Waals surface area contributed by atoms with Gasteiger partial charge in [0.05, 0.1) is 17.5 Å². The lowest BCUT2D eigenvalue weighted by molar-refractivity contribution is -0.121. The minimum Gasteiger partial charge on any atom is -0.369 e. The van der Waals surface area contributed by atoms with Crippen LogP contribution in [0, 0.1) is 11.7 Å². The molecular formula is C22H30FN5OS. The molecule has 1 atom stereocenters. The molecule has 4 N–H and O–H groups in total. The van der Waals surface area contributed by atoms with E-state index < -0.39 is 11.8 Å². The van der Waals surface area contributed by atoms with Gasteiger partial charge < -0.3 is 21.3 Å². The Balaban J connectivity index is 1.56. The number of aliphatic imine (C=N–C) groups is 1. The fourth-order valence-electron chi connectivity index (χ4n) is 3.57. The molecule has 1 fully saturated rings. The topological polar surface area (TPSA) is 82.7 Å². The van der Waals surface area contributed by atoms with E-state index in [2.05, 4.69) is 38.0 Å². The molecule has 1 saturated heterocycles. The number of carbonyl (C=O) groups excluding carboxylic acids is 1. The first kappa shape index (κ1) is 22.1. The Morgan fingerprint density at radius 2 is 2.03 bits per heavy atom. The molecule has 3 rings (SSSR count). The number of halogens is 1. The summed E-state index contributed by atoms with van der Waals surface area (Å²) in [6.45, 7) is 5.05. The number of nitrogens with two attached hydrogens (primary N) is 1. The maximum absolute atomic E-state index is 13.1. The van der Waals surface area contributed by atoms with Crippen molar-refractivity contribution in [2.24, 2.45) is 16.6 Å². The Morgan fingerprint density at radius 3 is 2.63 bits per heavy atom. The van der Waals surface area contributed by atoms with E-state index in [0.717, 1.165) is 38.0 Å². The Bertz CT molecular complexity index is 817. The molecule has 0 aliphatic carbocycles. The van der Waals surface area contributed by atoms with E-state index in [4.69, 9.17) is 5.73 Å². The van der Waals surface area contributed by atoms with Crippen LogP contribution >= 0.6 is 11.3 Å². The molecule has 2 heterocycles. The van der Waals surface area contributed by atoms with Crippen LogP contribution in [0.2, 0.25) is 0 Å². The van der Waals surface area contributed by atoms with E-state index in [9.17, 15) is 9.18 Å². The molecule has 2 aromatic rings. The number of thiophene rings is 1. The molecule has 162 valence electrons. The van der Waals surface area contributed by atoms with Crippen molar-refractivity contribution < 1.29 is 9.18 Å². The van der Waals surface area contributed by atoms with Gasteiger partial charge >= 0.3 is 0 Å². The Kier molecular flexibility index (Phi) is 8.07. The zero-order chi connectivity index (χ0) is 21.3. The van der Waals surface area contributed by atoms with Crippen molar-refractivity contribution in [1.29, 1.82) is 0 Å². The molecule has 0 spiro atoms.